The second-order valence-corrected chi connectivity index (χ2v) is 7.90. The normalized spacial score (nSPS) is 14.6. The topological polar surface area (TPSA) is 66.9 Å². The Morgan fingerprint density at radius 2 is 1.90 bits per heavy atom. The van der Waals surface area contributed by atoms with Gasteiger partial charge in [-0.25, -0.2) is 9.97 Å². The summed E-state index contributed by atoms with van der Waals surface area (Å²) in [5.74, 6) is 3.03. The summed E-state index contributed by atoms with van der Waals surface area (Å²) in [6.45, 7) is 11.3. The molecule has 0 spiro atoms. The minimum Gasteiger partial charge on any atom is -0.370 e. The number of nitrogens with zero attached hydrogens (tertiary/aromatic N) is 2. The molecule has 5 nitrogen and oxygen atoms in total. The Kier molecular flexibility index (Phi) is 6.58. The Morgan fingerprint density at radius 1 is 1.29 bits per heavy atom. The van der Waals surface area contributed by atoms with Crippen LogP contribution in [0.1, 0.15) is 46.9 Å². The maximum atomic E-state index is 11.3. The van der Waals surface area contributed by atoms with E-state index < -0.39 is 10.8 Å². The highest BCUT2D eigenvalue weighted by atomic mass is 32.2. The number of aromatic nitrogens is 2. The van der Waals surface area contributed by atoms with Crippen molar-refractivity contribution >= 4 is 22.4 Å². The number of anilines is 2. The maximum absolute atomic E-state index is 11.3. The molecule has 6 heteroatoms. The molecule has 1 rings (SSSR count). The molecule has 0 aromatic carbocycles. The molecule has 1 heterocycles. The van der Waals surface area contributed by atoms with Crippen molar-refractivity contribution < 1.29 is 4.21 Å². The van der Waals surface area contributed by atoms with Gasteiger partial charge in [-0.1, -0.05) is 27.7 Å². The molecule has 1 aromatic heterocycles. The number of hydrogen-bond donors (Lipinski definition) is 2. The van der Waals surface area contributed by atoms with Gasteiger partial charge in [0.15, 0.2) is 0 Å². The third-order valence-electron chi connectivity index (χ3n) is 2.83. The fraction of sp³-hybridized carbons (Fsp3) is 0.733. The van der Waals surface area contributed by atoms with Crippen LogP contribution >= 0.6 is 0 Å². The van der Waals surface area contributed by atoms with Crippen LogP contribution in [-0.2, 0) is 16.2 Å². The van der Waals surface area contributed by atoms with Gasteiger partial charge in [-0.05, 0) is 13.3 Å². The van der Waals surface area contributed by atoms with E-state index >= 15 is 0 Å². The van der Waals surface area contributed by atoms with Crippen molar-refractivity contribution in [1.29, 1.82) is 0 Å². The van der Waals surface area contributed by atoms with E-state index in [-0.39, 0.29) is 11.5 Å². The van der Waals surface area contributed by atoms with Gasteiger partial charge in [0.2, 0.25) is 0 Å². The maximum Gasteiger partial charge on any atom is 0.138 e. The molecule has 21 heavy (non-hydrogen) atoms. The summed E-state index contributed by atoms with van der Waals surface area (Å²) in [7, 11) is -0.823. The number of hydrogen-bond acceptors (Lipinski definition) is 5. The van der Waals surface area contributed by atoms with Crippen LogP contribution < -0.4 is 10.6 Å². The summed E-state index contributed by atoms with van der Waals surface area (Å²) in [5.41, 5.74) is -0.114. The molecule has 0 bridgehead atoms. The van der Waals surface area contributed by atoms with Crippen LogP contribution in [0.25, 0.3) is 0 Å². The molecule has 0 aliphatic carbocycles. The Bertz CT molecular complexity index is 485. The first-order valence-corrected chi connectivity index (χ1v) is 9.15. The molecule has 0 saturated heterocycles. The monoisotopic (exact) mass is 312 g/mol. The smallest absolute Gasteiger partial charge is 0.138 e. The van der Waals surface area contributed by atoms with Gasteiger partial charge in [0.05, 0.1) is 0 Å². The number of rotatable bonds is 7. The highest BCUT2D eigenvalue weighted by Crippen LogP contribution is 2.22. The zero-order chi connectivity index (χ0) is 16.0. The number of nitrogens with one attached hydrogen (secondary N) is 2. The van der Waals surface area contributed by atoms with Crippen LogP contribution in [-0.4, -0.2) is 38.8 Å². The highest BCUT2D eigenvalue weighted by molar-refractivity contribution is 7.84. The first-order valence-electron chi connectivity index (χ1n) is 7.42. The van der Waals surface area contributed by atoms with Crippen molar-refractivity contribution in [3.63, 3.8) is 0 Å². The predicted octanol–water partition coefficient (Wildman–Crippen LogP) is 2.77. The SMILES string of the molecule is CCCNc1cc(NC(C)CS(C)=O)nc(C(C)(C)C)n1. The van der Waals surface area contributed by atoms with Crippen molar-refractivity contribution in [2.45, 2.75) is 52.5 Å². The second kappa shape index (κ2) is 7.73. The molecule has 2 atom stereocenters. The lowest BCUT2D eigenvalue weighted by Gasteiger charge is -2.20. The summed E-state index contributed by atoms with van der Waals surface area (Å²) in [6, 6.07) is 2.03. The van der Waals surface area contributed by atoms with Crippen molar-refractivity contribution in [3.8, 4) is 0 Å². The van der Waals surface area contributed by atoms with Crippen LogP contribution in [0.2, 0.25) is 0 Å². The molecule has 0 aliphatic heterocycles. The molecule has 0 aliphatic rings. The van der Waals surface area contributed by atoms with Crippen LogP contribution in [0.5, 0.6) is 0 Å². The molecule has 120 valence electrons. The fourth-order valence-electron chi connectivity index (χ4n) is 1.85. The summed E-state index contributed by atoms with van der Waals surface area (Å²) >= 11 is 0. The van der Waals surface area contributed by atoms with Gasteiger partial charge >= 0.3 is 0 Å². The second-order valence-electron chi connectivity index (χ2n) is 6.42. The zero-order valence-corrected chi connectivity index (χ0v) is 14.8. The molecule has 0 fully saturated rings. The van der Waals surface area contributed by atoms with Crippen molar-refractivity contribution in [2.75, 3.05) is 29.2 Å². The van der Waals surface area contributed by atoms with E-state index in [4.69, 9.17) is 0 Å². The van der Waals surface area contributed by atoms with E-state index in [9.17, 15) is 4.21 Å². The quantitative estimate of drug-likeness (QED) is 0.810. The van der Waals surface area contributed by atoms with Gasteiger partial charge in [-0.2, -0.15) is 0 Å². The van der Waals surface area contributed by atoms with E-state index in [1.54, 1.807) is 6.26 Å². The van der Waals surface area contributed by atoms with E-state index in [1.807, 2.05) is 13.0 Å². The summed E-state index contributed by atoms with van der Waals surface area (Å²) < 4.78 is 11.3. The van der Waals surface area contributed by atoms with Crippen LogP contribution in [0.3, 0.4) is 0 Å². The summed E-state index contributed by atoms with van der Waals surface area (Å²) in [6.07, 6.45) is 2.76. The van der Waals surface area contributed by atoms with Crippen LogP contribution in [0, 0.1) is 0 Å². The van der Waals surface area contributed by atoms with Crippen LogP contribution in [0.15, 0.2) is 6.07 Å². The van der Waals surface area contributed by atoms with Crippen molar-refractivity contribution in [3.05, 3.63) is 11.9 Å². The third-order valence-corrected chi connectivity index (χ3v) is 3.80. The van der Waals surface area contributed by atoms with Crippen molar-refractivity contribution in [1.82, 2.24) is 9.97 Å². The molecule has 0 amide bonds. The van der Waals surface area contributed by atoms with Gasteiger partial charge in [-0.3, -0.25) is 4.21 Å². The van der Waals surface area contributed by atoms with Gasteiger partial charge < -0.3 is 10.6 Å². The minimum absolute atomic E-state index is 0.109. The summed E-state index contributed by atoms with van der Waals surface area (Å²) in [4.78, 5) is 9.19. The Hall–Kier alpha value is -1.17. The van der Waals surface area contributed by atoms with Gasteiger partial charge in [-0.15, -0.1) is 0 Å². The minimum atomic E-state index is -0.823. The predicted molar refractivity (Wildman–Crippen MR) is 91.5 cm³/mol. The average molecular weight is 312 g/mol. The first kappa shape index (κ1) is 17.9. The molecule has 1 aromatic rings. The summed E-state index contributed by atoms with van der Waals surface area (Å²) in [5, 5.41) is 6.63. The fourth-order valence-corrected chi connectivity index (χ4v) is 2.63. The average Bonchev–Trinajstić information content (AvgIpc) is 2.33. The van der Waals surface area contributed by atoms with Gasteiger partial charge in [0.1, 0.15) is 17.5 Å². The standard InChI is InChI=1S/C15H28N4OS/c1-7-8-16-12-9-13(17-11(2)10-21(6)20)19-14(18-12)15(3,4)5/h9,11H,7-8,10H2,1-6H3,(H2,16,17,18,19). The first-order chi connectivity index (χ1) is 9.72. The van der Waals surface area contributed by atoms with E-state index in [1.165, 1.54) is 0 Å². The third kappa shape index (κ3) is 6.42. The van der Waals surface area contributed by atoms with E-state index in [0.717, 1.165) is 30.4 Å². The van der Waals surface area contributed by atoms with E-state index in [0.29, 0.717) is 5.75 Å². The lowest BCUT2D eigenvalue weighted by molar-refractivity contribution is 0.546. The zero-order valence-electron chi connectivity index (χ0n) is 14.0. The molecular formula is C15H28N4OS. The van der Waals surface area contributed by atoms with E-state index in [2.05, 4.69) is 48.3 Å². The lowest BCUT2D eigenvalue weighted by Crippen LogP contribution is -2.25. The van der Waals surface area contributed by atoms with Gasteiger partial charge in [0.25, 0.3) is 0 Å². The molecular weight excluding hydrogens is 284 g/mol. The Morgan fingerprint density at radius 3 is 2.43 bits per heavy atom. The Balaban J connectivity index is 2.98. The molecule has 0 radical (unpaired) electrons. The largest absolute Gasteiger partial charge is 0.370 e. The molecule has 2 N–H and O–H groups in total. The highest BCUT2D eigenvalue weighted by Gasteiger charge is 2.19. The lowest BCUT2D eigenvalue weighted by atomic mass is 9.96. The van der Waals surface area contributed by atoms with Crippen molar-refractivity contribution in [2.24, 2.45) is 0 Å². The van der Waals surface area contributed by atoms with Crippen LogP contribution in [0.4, 0.5) is 11.6 Å². The van der Waals surface area contributed by atoms with Gasteiger partial charge in [0, 0.05) is 46.9 Å². The molecule has 2 unspecified atom stereocenters. The Labute approximate surface area is 130 Å². The molecule has 0 saturated carbocycles.